The molecule has 0 unspecified atom stereocenters. The van der Waals surface area contributed by atoms with Crippen LogP contribution in [0.4, 0.5) is 4.79 Å². The van der Waals surface area contributed by atoms with Gasteiger partial charge in [-0.3, -0.25) is 0 Å². The molecule has 1 saturated heterocycles. The van der Waals surface area contributed by atoms with Gasteiger partial charge in [-0.25, -0.2) is 4.79 Å². The number of ether oxygens (including phenoxy) is 1. The number of carbonyl (C=O) groups is 1. The Balaban J connectivity index is 1.84. The highest BCUT2D eigenvalue weighted by molar-refractivity contribution is 14.1. The van der Waals surface area contributed by atoms with E-state index in [0.29, 0.717) is 6.61 Å². The third-order valence-electron chi connectivity index (χ3n) is 3.15. The van der Waals surface area contributed by atoms with Crippen LogP contribution < -0.4 is 0 Å². The van der Waals surface area contributed by atoms with E-state index in [4.69, 9.17) is 4.74 Å². The highest BCUT2D eigenvalue weighted by Crippen LogP contribution is 2.17. The van der Waals surface area contributed by atoms with Crippen LogP contribution in [0, 0.1) is 0 Å². The Bertz CT molecular complexity index is 445. The zero-order valence-electron chi connectivity index (χ0n) is 10.8. The summed E-state index contributed by atoms with van der Waals surface area (Å²) < 4.78 is 6.35. The number of alkyl halides is 1. The molecule has 19 heavy (non-hydrogen) atoms. The van der Waals surface area contributed by atoms with Crippen LogP contribution in [0.2, 0.25) is 0 Å². The van der Waals surface area contributed by atoms with Crippen molar-refractivity contribution >= 4 is 28.7 Å². The molecule has 0 bridgehead atoms. The predicted molar refractivity (Wildman–Crippen MR) is 84.4 cm³/mol. The number of piperidine rings is 1. The second kappa shape index (κ2) is 7.53. The van der Waals surface area contributed by atoms with E-state index >= 15 is 0 Å². The van der Waals surface area contributed by atoms with Crippen molar-refractivity contribution in [3.63, 3.8) is 0 Å². The van der Waals surface area contributed by atoms with Gasteiger partial charge in [-0.2, -0.15) is 0 Å². The van der Waals surface area contributed by atoms with Crippen molar-refractivity contribution in [3.8, 4) is 0 Å². The Morgan fingerprint density at radius 1 is 1.37 bits per heavy atom. The van der Waals surface area contributed by atoms with E-state index in [-0.39, 0.29) is 6.09 Å². The zero-order valence-corrected chi connectivity index (χ0v) is 13.0. The first-order chi connectivity index (χ1) is 9.29. The lowest BCUT2D eigenvalue weighted by molar-refractivity contribution is 0.0953. The number of benzene rings is 1. The van der Waals surface area contributed by atoms with E-state index in [2.05, 4.69) is 28.7 Å². The molecule has 1 heterocycles. The molecule has 102 valence electrons. The van der Waals surface area contributed by atoms with Crippen molar-refractivity contribution in [1.29, 1.82) is 0 Å². The summed E-state index contributed by atoms with van der Waals surface area (Å²) in [4.78, 5) is 13.8. The fraction of sp³-hybridized carbons (Fsp3) is 0.400. The molecular formula is C15H18INO2. The average Bonchev–Trinajstić information content (AvgIpc) is 2.46. The molecule has 0 aromatic heterocycles. The Morgan fingerprint density at radius 2 is 2.16 bits per heavy atom. The van der Waals surface area contributed by atoms with Crippen molar-refractivity contribution in [3.05, 3.63) is 47.5 Å². The van der Waals surface area contributed by atoms with Gasteiger partial charge in [-0.1, -0.05) is 64.6 Å². The molecule has 1 fully saturated rings. The molecule has 4 heteroatoms. The van der Waals surface area contributed by atoms with E-state index in [0.717, 1.165) is 35.9 Å². The number of amides is 1. The van der Waals surface area contributed by atoms with E-state index in [1.165, 1.54) is 5.57 Å². The van der Waals surface area contributed by atoms with Gasteiger partial charge in [0.15, 0.2) is 0 Å². The lowest BCUT2D eigenvalue weighted by atomic mass is 10.1. The number of hydrogen-bond acceptors (Lipinski definition) is 2. The number of allylic oxidation sites excluding steroid dienone is 1. The molecular weight excluding hydrogens is 353 g/mol. The highest BCUT2D eigenvalue weighted by atomic mass is 127. The molecule has 1 amide bonds. The summed E-state index contributed by atoms with van der Waals surface area (Å²) in [6, 6.07) is 9.78. The molecule has 1 aliphatic heterocycles. The summed E-state index contributed by atoms with van der Waals surface area (Å²) in [5.41, 5.74) is 2.37. The molecule has 1 aliphatic rings. The van der Waals surface area contributed by atoms with Crippen molar-refractivity contribution in [1.82, 2.24) is 4.90 Å². The van der Waals surface area contributed by atoms with Crippen LogP contribution in [0.15, 0.2) is 42.0 Å². The number of carbonyl (C=O) groups excluding carboxylic acids is 1. The van der Waals surface area contributed by atoms with Crippen LogP contribution in [0.25, 0.3) is 0 Å². The van der Waals surface area contributed by atoms with Crippen molar-refractivity contribution in [2.24, 2.45) is 0 Å². The quantitative estimate of drug-likeness (QED) is 0.460. The van der Waals surface area contributed by atoms with Gasteiger partial charge in [0.1, 0.15) is 6.61 Å². The van der Waals surface area contributed by atoms with Crippen LogP contribution in [0.1, 0.15) is 18.4 Å². The van der Waals surface area contributed by atoms with Gasteiger partial charge in [0.2, 0.25) is 0 Å². The summed E-state index contributed by atoms with van der Waals surface area (Å²) in [6.45, 7) is 1.87. The summed E-state index contributed by atoms with van der Waals surface area (Å²) in [5, 5.41) is 0. The topological polar surface area (TPSA) is 29.5 Å². The molecule has 3 nitrogen and oxygen atoms in total. The van der Waals surface area contributed by atoms with Crippen LogP contribution in [0.5, 0.6) is 0 Å². The second-order valence-corrected chi connectivity index (χ2v) is 5.46. The van der Waals surface area contributed by atoms with Gasteiger partial charge in [0.05, 0.1) is 0 Å². The van der Waals surface area contributed by atoms with E-state index in [1.807, 2.05) is 30.3 Å². The minimum Gasteiger partial charge on any atom is -0.445 e. The monoisotopic (exact) mass is 371 g/mol. The molecule has 0 atom stereocenters. The van der Waals surface area contributed by atoms with E-state index in [1.54, 1.807) is 4.90 Å². The number of likely N-dealkylation sites (tertiary alicyclic amines) is 1. The summed E-state index contributed by atoms with van der Waals surface area (Å²) in [6.07, 6.45) is 4.13. The standard InChI is InChI=1S/C15H18INO2/c16-9-8-13-7-4-10-17(11-13)15(18)19-12-14-5-2-1-3-6-14/h1-3,5-6,8H,4,7,9-12H2/b13-8-. The highest BCUT2D eigenvalue weighted by Gasteiger charge is 2.20. The number of nitrogens with zero attached hydrogens (tertiary/aromatic N) is 1. The van der Waals surface area contributed by atoms with Gasteiger partial charge in [-0.15, -0.1) is 0 Å². The second-order valence-electron chi connectivity index (χ2n) is 4.58. The Kier molecular flexibility index (Phi) is 5.69. The first kappa shape index (κ1) is 14.4. The van der Waals surface area contributed by atoms with Gasteiger partial charge in [-0.05, 0) is 18.4 Å². The third-order valence-corrected chi connectivity index (χ3v) is 3.59. The van der Waals surface area contributed by atoms with E-state index in [9.17, 15) is 4.79 Å². The molecule has 0 N–H and O–H groups in total. The fourth-order valence-electron chi connectivity index (χ4n) is 2.14. The molecule has 0 saturated carbocycles. The first-order valence-electron chi connectivity index (χ1n) is 6.49. The fourth-order valence-corrected chi connectivity index (χ4v) is 2.77. The van der Waals surface area contributed by atoms with Crippen molar-refractivity contribution < 1.29 is 9.53 Å². The van der Waals surface area contributed by atoms with Crippen LogP contribution in [-0.4, -0.2) is 28.5 Å². The number of rotatable bonds is 3. The molecule has 0 radical (unpaired) electrons. The van der Waals surface area contributed by atoms with Gasteiger partial charge in [0, 0.05) is 17.5 Å². The minimum absolute atomic E-state index is 0.206. The Labute approximate surface area is 127 Å². The van der Waals surface area contributed by atoms with Gasteiger partial charge >= 0.3 is 6.09 Å². The largest absolute Gasteiger partial charge is 0.445 e. The maximum atomic E-state index is 12.0. The number of hydrogen-bond donors (Lipinski definition) is 0. The predicted octanol–water partition coefficient (Wildman–Crippen LogP) is 3.78. The molecule has 2 rings (SSSR count). The smallest absolute Gasteiger partial charge is 0.410 e. The summed E-state index contributed by atoms with van der Waals surface area (Å²) >= 11 is 2.33. The van der Waals surface area contributed by atoms with Crippen molar-refractivity contribution in [2.45, 2.75) is 19.4 Å². The van der Waals surface area contributed by atoms with Gasteiger partial charge < -0.3 is 9.64 Å². The maximum Gasteiger partial charge on any atom is 0.410 e. The molecule has 0 aliphatic carbocycles. The first-order valence-corrected chi connectivity index (χ1v) is 8.01. The Hall–Kier alpha value is -1.04. The lowest BCUT2D eigenvalue weighted by Crippen LogP contribution is -2.37. The number of halogens is 1. The Morgan fingerprint density at radius 3 is 2.89 bits per heavy atom. The average molecular weight is 371 g/mol. The van der Waals surface area contributed by atoms with Crippen LogP contribution in [-0.2, 0) is 11.3 Å². The summed E-state index contributed by atoms with van der Waals surface area (Å²) in [5.74, 6) is 0. The molecule has 0 spiro atoms. The van der Waals surface area contributed by atoms with Crippen molar-refractivity contribution in [2.75, 3.05) is 17.5 Å². The molecule has 1 aromatic carbocycles. The maximum absolute atomic E-state index is 12.0. The van der Waals surface area contributed by atoms with Crippen LogP contribution >= 0.6 is 22.6 Å². The third kappa shape index (κ3) is 4.53. The molecule has 1 aromatic rings. The van der Waals surface area contributed by atoms with Gasteiger partial charge in [0.25, 0.3) is 0 Å². The summed E-state index contributed by atoms with van der Waals surface area (Å²) in [7, 11) is 0. The normalized spacial score (nSPS) is 17.5. The lowest BCUT2D eigenvalue weighted by Gasteiger charge is -2.28. The minimum atomic E-state index is -0.206. The SMILES string of the molecule is O=C(OCc1ccccc1)N1CCC/C(=C/CI)C1. The van der Waals surface area contributed by atoms with Crippen LogP contribution in [0.3, 0.4) is 0 Å². The van der Waals surface area contributed by atoms with E-state index < -0.39 is 0 Å². The zero-order chi connectivity index (χ0) is 13.5.